The van der Waals surface area contributed by atoms with Crippen molar-refractivity contribution in [2.24, 2.45) is 5.92 Å². The largest absolute Gasteiger partial charge is 0.416 e. The van der Waals surface area contributed by atoms with Gasteiger partial charge in [0.05, 0.1) is 17.2 Å². The Balaban J connectivity index is 1.33. The summed E-state index contributed by atoms with van der Waals surface area (Å²) in [6.45, 7) is 0.709. The third kappa shape index (κ3) is 7.52. The Labute approximate surface area is 269 Å². The zero-order valence-electron chi connectivity index (χ0n) is 25.7. The molecule has 0 spiro atoms. The fourth-order valence-electron chi connectivity index (χ4n) is 6.14. The van der Waals surface area contributed by atoms with Gasteiger partial charge in [0.15, 0.2) is 0 Å². The van der Waals surface area contributed by atoms with Crippen LogP contribution in [0.2, 0.25) is 0 Å². The van der Waals surface area contributed by atoms with Crippen molar-refractivity contribution in [2.75, 3.05) is 45.2 Å². The summed E-state index contributed by atoms with van der Waals surface area (Å²) in [4.78, 5) is 45.0. The first kappa shape index (κ1) is 34.6. The third-order valence-electron chi connectivity index (χ3n) is 8.83. The molecule has 48 heavy (non-hydrogen) atoms. The van der Waals surface area contributed by atoms with Gasteiger partial charge in [0.2, 0.25) is 11.8 Å². The molecule has 2 fully saturated rings. The number of hydrogen-bond acceptors (Lipinski definition) is 6. The predicted octanol–water partition coefficient (Wildman–Crippen LogP) is 4.27. The van der Waals surface area contributed by atoms with E-state index in [9.17, 15) is 45.1 Å². The van der Waals surface area contributed by atoms with Crippen molar-refractivity contribution in [2.45, 2.75) is 43.7 Å². The average molecular weight is 685 g/mol. The van der Waals surface area contributed by atoms with Gasteiger partial charge in [0.1, 0.15) is 18.7 Å². The Kier molecular flexibility index (Phi) is 9.64. The Morgan fingerprint density at radius 2 is 1.48 bits per heavy atom. The number of carbonyl (C=O) groups excluding carboxylic acids is 3. The number of likely N-dealkylation sites (tertiary alicyclic amines) is 2. The SMILES string of the molecule is CN(C(=O)N(C)[C@@H]1CN(C(=O)C2CCN(C(=O)Cn3cnnn3)CC2)C[C@H]1c1ccc(F)cc1)c1cc(C(F)(F)F)cc(C(F)(F)F)c1. The first-order valence-electron chi connectivity index (χ1n) is 14.9. The van der Waals surface area contributed by atoms with E-state index in [1.165, 1.54) is 47.2 Å². The highest BCUT2D eigenvalue weighted by Gasteiger charge is 2.43. The fraction of sp³-hybridized carbons (Fsp3) is 0.467. The number of halogens is 7. The van der Waals surface area contributed by atoms with Crippen LogP contribution in [0.3, 0.4) is 0 Å². The molecule has 0 radical (unpaired) electrons. The first-order valence-corrected chi connectivity index (χ1v) is 14.9. The average Bonchev–Trinajstić information content (AvgIpc) is 3.73. The molecule has 4 amide bonds. The fourth-order valence-corrected chi connectivity index (χ4v) is 6.14. The van der Waals surface area contributed by atoms with Gasteiger partial charge >= 0.3 is 18.4 Å². The lowest BCUT2D eigenvalue weighted by molar-refractivity contribution is -0.143. The van der Waals surface area contributed by atoms with Crippen LogP contribution in [0.5, 0.6) is 0 Å². The molecule has 3 aromatic rings. The third-order valence-corrected chi connectivity index (χ3v) is 8.83. The summed E-state index contributed by atoms with van der Waals surface area (Å²) in [5, 5.41) is 10.7. The zero-order valence-corrected chi connectivity index (χ0v) is 25.7. The summed E-state index contributed by atoms with van der Waals surface area (Å²) in [6.07, 6.45) is -8.16. The van der Waals surface area contributed by atoms with Crippen molar-refractivity contribution < 1.29 is 45.1 Å². The maximum Gasteiger partial charge on any atom is 0.416 e. The quantitative estimate of drug-likeness (QED) is 0.359. The maximum atomic E-state index is 13.8. The van der Waals surface area contributed by atoms with Crippen LogP contribution >= 0.6 is 0 Å². The summed E-state index contributed by atoms with van der Waals surface area (Å²) in [7, 11) is 2.41. The Morgan fingerprint density at radius 1 is 0.875 bits per heavy atom. The van der Waals surface area contributed by atoms with E-state index in [4.69, 9.17) is 0 Å². The minimum atomic E-state index is -5.11. The van der Waals surface area contributed by atoms with Crippen molar-refractivity contribution in [3.05, 3.63) is 71.3 Å². The predicted molar refractivity (Wildman–Crippen MR) is 155 cm³/mol. The Hall–Kier alpha value is -4.77. The Morgan fingerprint density at radius 3 is 2.02 bits per heavy atom. The van der Waals surface area contributed by atoms with Crippen molar-refractivity contribution in [3.63, 3.8) is 0 Å². The highest BCUT2D eigenvalue weighted by Crippen LogP contribution is 2.39. The number of likely N-dealkylation sites (N-methyl/N-ethyl adjacent to an activating group) is 1. The van der Waals surface area contributed by atoms with Crippen LogP contribution in [-0.2, 0) is 28.5 Å². The van der Waals surface area contributed by atoms with Crippen LogP contribution < -0.4 is 4.90 Å². The monoisotopic (exact) mass is 684 g/mol. The summed E-state index contributed by atoms with van der Waals surface area (Å²) in [5.74, 6) is -1.94. The van der Waals surface area contributed by atoms with Crippen LogP contribution in [0, 0.1) is 11.7 Å². The van der Waals surface area contributed by atoms with Crippen LogP contribution in [0.25, 0.3) is 0 Å². The first-order chi connectivity index (χ1) is 22.5. The second kappa shape index (κ2) is 13.4. The molecule has 0 N–H and O–H groups in total. The Bertz CT molecular complexity index is 1590. The van der Waals surface area contributed by atoms with Crippen LogP contribution in [0.4, 0.5) is 41.2 Å². The number of hydrogen-bond donors (Lipinski definition) is 0. The standard InChI is InChI=1S/C30H31F7N8O3/c1-41(23-12-20(29(32,33)34)11-21(13-23)30(35,36)37)28(48)42(2)25-15-44(14-24(25)18-3-5-22(31)6-4-18)27(47)19-7-9-43(10-8-19)26(46)16-45-17-38-39-40-45/h3-6,11-13,17,19,24-25H,7-10,14-16H2,1-2H3/t24-,25+/m0/s1. The van der Waals surface area contributed by atoms with Gasteiger partial charge in [-0.15, -0.1) is 5.10 Å². The van der Waals surface area contributed by atoms with Gasteiger partial charge in [-0.2, -0.15) is 26.3 Å². The van der Waals surface area contributed by atoms with Crippen molar-refractivity contribution >= 4 is 23.5 Å². The van der Waals surface area contributed by atoms with Gasteiger partial charge in [-0.1, -0.05) is 12.1 Å². The van der Waals surface area contributed by atoms with E-state index in [0.29, 0.717) is 48.5 Å². The molecular weight excluding hydrogens is 653 g/mol. The van der Waals surface area contributed by atoms with Crippen molar-refractivity contribution in [1.29, 1.82) is 0 Å². The van der Waals surface area contributed by atoms with E-state index < -0.39 is 58.9 Å². The lowest BCUT2D eigenvalue weighted by Gasteiger charge is -2.34. The summed E-state index contributed by atoms with van der Waals surface area (Å²) < 4.78 is 96.1. The van der Waals surface area contributed by atoms with Gasteiger partial charge in [-0.05, 0) is 59.2 Å². The number of alkyl halides is 6. The van der Waals surface area contributed by atoms with Crippen molar-refractivity contribution in [3.8, 4) is 0 Å². The van der Waals surface area contributed by atoms with Crippen LogP contribution in [-0.4, -0.2) is 99.1 Å². The molecule has 0 bridgehead atoms. The molecule has 0 unspecified atom stereocenters. The molecule has 3 heterocycles. The number of rotatable bonds is 6. The van der Waals surface area contributed by atoms with Gasteiger partial charge in [0, 0.05) is 57.8 Å². The highest BCUT2D eigenvalue weighted by molar-refractivity contribution is 5.92. The number of carbonyl (C=O) groups is 3. The highest BCUT2D eigenvalue weighted by atomic mass is 19.4. The van der Waals surface area contributed by atoms with Crippen molar-refractivity contribution in [1.82, 2.24) is 34.9 Å². The number of benzene rings is 2. The van der Waals surface area contributed by atoms with Gasteiger partial charge in [-0.3, -0.25) is 14.5 Å². The zero-order chi connectivity index (χ0) is 35.0. The number of amides is 4. The summed E-state index contributed by atoms with van der Waals surface area (Å²) >= 11 is 0. The molecular formula is C30H31F7N8O3. The molecule has 1 aromatic heterocycles. The van der Waals surface area contributed by atoms with Gasteiger partial charge < -0.3 is 14.7 Å². The van der Waals surface area contributed by atoms with E-state index in [1.54, 1.807) is 9.80 Å². The summed E-state index contributed by atoms with van der Waals surface area (Å²) in [6, 6.07) is 4.66. The smallest absolute Gasteiger partial charge is 0.341 e. The molecule has 5 rings (SSSR count). The van der Waals surface area contributed by atoms with E-state index >= 15 is 0 Å². The van der Waals surface area contributed by atoms with E-state index in [2.05, 4.69) is 15.5 Å². The molecule has 2 aliphatic heterocycles. The molecule has 2 atom stereocenters. The molecule has 0 aliphatic carbocycles. The number of urea groups is 1. The van der Waals surface area contributed by atoms with E-state index in [1.807, 2.05) is 0 Å². The lowest BCUT2D eigenvalue weighted by atomic mass is 9.93. The molecule has 11 nitrogen and oxygen atoms in total. The van der Waals surface area contributed by atoms with Gasteiger partial charge in [0.25, 0.3) is 0 Å². The lowest BCUT2D eigenvalue weighted by Crippen LogP contribution is -2.48. The van der Waals surface area contributed by atoms with E-state index in [0.717, 1.165) is 7.05 Å². The van der Waals surface area contributed by atoms with Crippen LogP contribution in [0.15, 0.2) is 48.8 Å². The maximum absolute atomic E-state index is 13.8. The number of aromatic nitrogens is 4. The molecule has 2 saturated heterocycles. The minimum Gasteiger partial charge on any atom is -0.341 e. The molecule has 2 aliphatic rings. The molecule has 2 aromatic carbocycles. The van der Waals surface area contributed by atoms with Crippen LogP contribution in [0.1, 0.15) is 35.4 Å². The second-order valence-electron chi connectivity index (χ2n) is 11.8. The molecule has 18 heteroatoms. The van der Waals surface area contributed by atoms with E-state index in [-0.39, 0.29) is 37.5 Å². The number of anilines is 1. The summed E-state index contributed by atoms with van der Waals surface area (Å²) in [5.41, 5.74) is -3.18. The second-order valence-corrected chi connectivity index (χ2v) is 11.8. The van der Waals surface area contributed by atoms with Gasteiger partial charge in [-0.25, -0.2) is 13.9 Å². The number of nitrogens with zero attached hydrogens (tertiary/aromatic N) is 8. The topological polar surface area (TPSA) is 108 Å². The molecule has 0 saturated carbocycles. The molecule has 258 valence electrons. The number of piperidine rings is 1. The minimum absolute atomic E-state index is 0.00575. The number of tetrazole rings is 1. The normalized spacial score (nSPS) is 19.0.